The van der Waals surface area contributed by atoms with Crippen LogP contribution in [0.15, 0.2) is 60.7 Å². The second-order valence-corrected chi connectivity index (χ2v) is 8.48. The Balaban J connectivity index is 1.89. The summed E-state index contributed by atoms with van der Waals surface area (Å²) in [5.74, 6) is 2.07. The fourth-order valence-electron chi connectivity index (χ4n) is 3.69. The summed E-state index contributed by atoms with van der Waals surface area (Å²) in [4.78, 5) is 19.2. The Hall–Kier alpha value is -3.84. The predicted molar refractivity (Wildman–Crippen MR) is 134 cm³/mol. The van der Waals surface area contributed by atoms with Crippen molar-refractivity contribution < 1.29 is 23.7 Å². The van der Waals surface area contributed by atoms with Crippen molar-refractivity contribution in [2.75, 3.05) is 28.4 Å². The van der Waals surface area contributed by atoms with Crippen molar-refractivity contribution in [1.82, 2.24) is 4.98 Å². The molecule has 0 fully saturated rings. The van der Waals surface area contributed by atoms with E-state index in [0.29, 0.717) is 39.1 Å². The molecule has 0 radical (unpaired) electrons. The highest BCUT2D eigenvalue weighted by Crippen LogP contribution is 2.40. The first-order valence-electron chi connectivity index (χ1n) is 10.6. The smallest absolute Gasteiger partial charge is 0.205 e. The molecule has 0 aliphatic carbocycles. The van der Waals surface area contributed by atoms with Crippen LogP contribution in [0.2, 0.25) is 0 Å². The maximum absolute atomic E-state index is 13.7. The van der Waals surface area contributed by atoms with Crippen LogP contribution in [0.25, 0.3) is 21.8 Å². The molecule has 0 saturated heterocycles. The highest BCUT2D eigenvalue weighted by atomic mass is 32.1. The third-order valence-corrected chi connectivity index (χ3v) is 6.60. The van der Waals surface area contributed by atoms with E-state index in [0.717, 1.165) is 21.7 Å². The number of nitrogens with zero attached hydrogens (tertiary/aromatic N) is 1. The predicted octanol–water partition coefficient (Wildman–Crippen LogP) is 6.05. The molecule has 3 aromatic carbocycles. The molecular weight excluding hydrogens is 450 g/mol. The lowest BCUT2D eigenvalue weighted by Crippen LogP contribution is -2.02. The Morgan fingerprint density at radius 1 is 0.765 bits per heavy atom. The van der Waals surface area contributed by atoms with Gasteiger partial charge < -0.3 is 18.9 Å². The van der Waals surface area contributed by atoms with Gasteiger partial charge in [0.05, 0.1) is 34.1 Å². The van der Waals surface area contributed by atoms with E-state index < -0.39 is 0 Å². The topological polar surface area (TPSA) is 66.9 Å². The first-order valence-corrected chi connectivity index (χ1v) is 11.4. The van der Waals surface area contributed by atoms with E-state index in [4.69, 9.17) is 23.9 Å². The van der Waals surface area contributed by atoms with Gasteiger partial charge in [0, 0.05) is 16.7 Å². The third-order valence-electron chi connectivity index (χ3n) is 5.51. The standard InChI is InChI=1S/C27H25NO5S/c1-16-8-6-7-9-19(16)27-28-24(17-10-12-20(30-2)22(14-17)32-4)26(34-27)25(29)18-11-13-21(31-3)23(15-18)33-5/h6-15H,1-5H3. The number of ketones is 1. The number of ether oxygens (including phenoxy) is 4. The second-order valence-electron chi connectivity index (χ2n) is 7.48. The van der Waals surface area contributed by atoms with Crippen LogP contribution in [-0.4, -0.2) is 39.2 Å². The van der Waals surface area contributed by atoms with Crippen LogP contribution in [-0.2, 0) is 0 Å². The maximum Gasteiger partial charge on any atom is 0.205 e. The molecule has 0 atom stereocenters. The maximum atomic E-state index is 13.7. The Labute approximate surface area is 202 Å². The number of methoxy groups -OCH3 is 4. The number of thiazole rings is 1. The summed E-state index contributed by atoms with van der Waals surface area (Å²) in [6.45, 7) is 2.03. The highest BCUT2D eigenvalue weighted by molar-refractivity contribution is 7.17. The molecule has 1 aromatic heterocycles. The molecule has 1 heterocycles. The van der Waals surface area contributed by atoms with E-state index in [2.05, 4.69) is 0 Å². The second kappa shape index (κ2) is 9.97. The number of carbonyl (C=O) groups excluding carboxylic acids is 1. The van der Waals surface area contributed by atoms with Gasteiger partial charge in [-0.15, -0.1) is 11.3 Å². The quantitative estimate of drug-likeness (QED) is 0.289. The lowest BCUT2D eigenvalue weighted by Gasteiger charge is -2.10. The zero-order valence-electron chi connectivity index (χ0n) is 19.7. The van der Waals surface area contributed by atoms with Gasteiger partial charge in [-0.25, -0.2) is 4.98 Å². The van der Waals surface area contributed by atoms with Crippen LogP contribution in [0.4, 0.5) is 0 Å². The minimum atomic E-state index is -0.150. The number of rotatable bonds is 8. The lowest BCUT2D eigenvalue weighted by molar-refractivity contribution is 0.104. The number of aromatic nitrogens is 1. The van der Waals surface area contributed by atoms with Gasteiger partial charge in [-0.2, -0.15) is 0 Å². The molecule has 0 aliphatic heterocycles. The van der Waals surface area contributed by atoms with Gasteiger partial charge in [-0.05, 0) is 48.9 Å². The molecular formula is C27H25NO5S. The SMILES string of the molecule is COc1ccc(C(=O)c2sc(-c3ccccc3C)nc2-c2ccc(OC)c(OC)c2)cc1OC. The summed E-state index contributed by atoms with van der Waals surface area (Å²) in [5, 5.41) is 0.770. The van der Waals surface area contributed by atoms with Gasteiger partial charge >= 0.3 is 0 Å². The van der Waals surface area contributed by atoms with Gasteiger partial charge in [0.1, 0.15) is 9.88 Å². The fraction of sp³-hybridized carbons (Fsp3) is 0.185. The molecule has 0 bridgehead atoms. The molecule has 34 heavy (non-hydrogen) atoms. The van der Waals surface area contributed by atoms with Crippen LogP contribution in [0.1, 0.15) is 20.8 Å². The van der Waals surface area contributed by atoms with E-state index in [1.807, 2.05) is 49.4 Å². The van der Waals surface area contributed by atoms with Crippen molar-refractivity contribution in [3.63, 3.8) is 0 Å². The van der Waals surface area contributed by atoms with E-state index in [-0.39, 0.29) is 5.78 Å². The molecule has 174 valence electrons. The van der Waals surface area contributed by atoms with Gasteiger partial charge in [-0.3, -0.25) is 4.79 Å². The summed E-state index contributed by atoms with van der Waals surface area (Å²) < 4.78 is 21.6. The molecule has 0 amide bonds. The summed E-state index contributed by atoms with van der Waals surface area (Å²) in [6, 6.07) is 18.7. The fourth-order valence-corrected chi connectivity index (χ4v) is 4.83. The van der Waals surface area contributed by atoms with Crippen molar-refractivity contribution in [3.8, 4) is 44.8 Å². The number of benzene rings is 3. The van der Waals surface area contributed by atoms with E-state index in [9.17, 15) is 4.79 Å². The zero-order valence-corrected chi connectivity index (χ0v) is 20.5. The first-order chi connectivity index (χ1) is 16.5. The normalized spacial score (nSPS) is 10.6. The Kier molecular flexibility index (Phi) is 6.84. The van der Waals surface area contributed by atoms with Gasteiger partial charge in [0.15, 0.2) is 23.0 Å². The molecule has 6 nitrogen and oxygen atoms in total. The van der Waals surface area contributed by atoms with Crippen LogP contribution in [0.5, 0.6) is 23.0 Å². The number of carbonyl (C=O) groups is 1. The van der Waals surface area contributed by atoms with Crippen LogP contribution in [0, 0.1) is 6.92 Å². The molecule has 0 N–H and O–H groups in total. The lowest BCUT2D eigenvalue weighted by atomic mass is 10.0. The summed E-state index contributed by atoms with van der Waals surface area (Å²) >= 11 is 1.37. The van der Waals surface area contributed by atoms with Crippen LogP contribution >= 0.6 is 11.3 Å². The average molecular weight is 476 g/mol. The van der Waals surface area contributed by atoms with Crippen molar-refractivity contribution >= 4 is 17.1 Å². The zero-order chi connectivity index (χ0) is 24.2. The van der Waals surface area contributed by atoms with Gasteiger partial charge in [-0.1, -0.05) is 24.3 Å². The number of aryl methyl sites for hydroxylation is 1. The van der Waals surface area contributed by atoms with Crippen molar-refractivity contribution in [1.29, 1.82) is 0 Å². The minimum Gasteiger partial charge on any atom is -0.493 e. The van der Waals surface area contributed by atoms with Gasteiger partial charge in [0.2, 0.25) is 5.78 Å². The monoisotopic (exact) mass is 475 g/mol. The molecule has 0 spiro atoms. The highest BCUT2D eigenvalue weighted by Gasteiger charge is 2.24. The molecule has 0 aliphatic rings. The first kappa shape index (κ1) is 23.3. The molecule has 7 heteroatoms. The van der Waals surface area contributed by atoms with Crippen molar-refractivity contribution in [3.05, 3.63) is 76.7 Å². The molecule has 0 unspecified atom stereocenters. The van der Waals surface area contributed by atoms with Crippen LogP contribution < -0.4 is 18.9 Å². The summed E-state index contributed by atoms with van der Waals surface area (Å²) in [5.41, 5.74) is 3.90. The average Bonchev–Trinajstić information content (AvgIpc) is 3.32. The Bertz CT molecular complexity index is 1340. The number of hydrogen-bond acceptors (Lipinski definition) is 7. The van der Waals surface area contributed by atoms with E-state index in [1.165, 1.54) is 11.3 Å². The van der Waals surface area contributed by atoms with Crippen molar-refractivity contribution in [2.24, 2.45) is 0 Å². The van der Waals surface area contributed by atoms with E-state index >= 15 is 0 Å². The van der Waals surface area contributed by atoms with Crippen LogP contribution in [0.3, 0.4) is 0 Å². The Morgan fingerprint density at radius 3 is 2.03 bits per heavy atom. The van der Waals surface area contributed by atoms with Gasteiger partial charge in [0.25, 0.3) is 0 Å². The van der Waals surface area contributed by atoms with Crippen molar-refractivity contribution in [2.45, 2.75) is 6.92 Å². The molecule has 4 aromatic rings. The largest absolute Gasteiger partial charge is 0.493 e. The Morgan fingerprint density at radius 2 is 1.38 bits per heavy atom. The third kappa shape index (κ3) is 4.34. The minimum absolute atomic E-state index is 0.150. The molecule has 0 saturated carbocycles. The molecule has 4 rings (SSSR count). The summed E-state index contributed by atoms with van der Waals surface area (Å²) in [6.07, 6.45) is 0. The number of hydrogen-bond donors (Lipinski definition) is 0. The summed E-state index contributed by atoms with van der Waals surface area (Å²) in [7, 11) is 6.27. The van der Waals surface area contributed by atoms with E-state index in [1.54, 1.807) is 46.6 Å².